The highest BCUT2D eigenvalue weighted by Gasteiger charge is 2.54. The Morgan fingerprint density at radius 3 is 1.48 bits per heavy atom. The predicted octanol–water partition coefficient (Wildman–Crippen LogP) is 6.79. The maximum Gasteiger partial charge on any atom is 0.407 e. The molecule has 1 amide bonds. The lowest BCUT2D eigenvalue weighted by Crippen LogP contribution is -2.65. The highest BCUT2D eigenvalue weighted by molar-refractivity contribution is 5.90. The van der Waals surface area contributed by atoms with Crippen LogP contribution < -0.4 is 5.32 Å². The maximum absolute atomic E-state index is 13.9. The molecule has 2 saturated heterocycles. The number of rotatable bonds is 18. The molecule has 0 bridgehead atoms. The van der Waals surface area contributed by atoms with Crippen molar-refractivity contribution in [2.45, 2.75) is 95.1 Å². The molecule has 2 heterocycles. The number of benzene rings is 5. The summed E-state index contributed by atoms with van der Waals surface area (Å²) in [5.41, 5.74) is 3.02. The highest BCUT2D eigenvalue weighted by atomic mass is 16.8. The average Bonchev–Trinajstić information content (AvgIpc) is 3.33. The van der Waals surface area contributed by atoms with E-state index in [0.717, 1.165) is 16.7 Å². The van der Waals surface area contributed by atoms with Crippen molar-refractivity contribution in [3.8, 4) is 0 Å². The summed E-state index contributed by atoms with van der Waals surface area (Å²) < 4.78 is 56.4. The maximum atomic E-state index is 13.9. The third-order valence-corrected chi connectivity index (χ3v) is 10.7. The number of nitrogens with one attached hydrogen (secondary N) is 1. The van der Waals surface area contributed by atoms with E-state index in [1.807, 2.05) is 91.0 Å². The van der Waals surface area contributed by atoms with Crippen molar-refractivity contribution in [2.75, 3.05) is 13.2 Å². The van der Waals surface area contributed by atoms with E-state index in [4.69, 9.17) is 42.6 Å². The van der Waals surface area contributed by atoms with Gasteiger partial charge in [-0.25, -0.2) is 14.4 Å². The van der Waals surface area contributed by atoms with Gasteiger partial charge in [0.25, 0.3) is 0 Å². The molecule has 2 fully saturated rings. The van der Waals surface area contributed by atoms with Gasteiger partial charge >= 0.3 is 18.0 Å². The number of alkyl carbamates (subject to hydrolysis) is 1. The standard InChI is InChI=1S/C50H53NO13/c1-33-41(57-30-35-18-8-3-9-19-35)40(52)43(62-46(53)38-24-14-6-15-25-38)49(61-33)64-44-42(58-31-36-20-10-4-11-21-36)34(2)60-48(45(44)63-47(54)39-26-16-7-17-27-39)56-29-28-51-50(55)59-32-37-22-12-5-13-23-37/h3-27,33-34,40-45,48-49,52H,28-32H2,1-2H3,(H,51,55)/t33-,34-,40+,41-,42-,43+,44+,45+,48+,49-/m0/s1. The minimum absolute atomic E-state index is 0.0119. The van der Waals surface area contributed by atoms with Crippen LogP contribution >= 0.6 is 0 Å². The zero-order valence-corrected chi connectivity index (χ0v) is 35.6. The van der Waals surface area contributed by atoms with Crippen LogP contribution in [0, 0.1) is 0 Å². The first kappa shape index (κ1) is 46.0. The molecule has 5 aromatic rings. The third kappa shape index (κ3) is 12.6. The fraction of sp³-hybridized carbons (Fsp3) is 0.340. The molecule has 0 aliphatic carbocycles. The molecule has 336 valence electrons. The van der Waals surface area contributed by atoms with E-state index in [1.54, 1.807) is 74.5 Å². The molecule has 0 saturated carbocycles. The van der Waals surface area contributed by atoms with E-state index in [2.05, 4.69) is 5.32 Å². The van der Waals surface area contributed by atoms with Gasteiger partial charge in [0.2, 0.25) is 0 Å². The number of amides is 1. The number of esters is 2. The first-order valence-electron chi connectivity index (χ1n) is 21.3. The minimum atomic E-state index is -1.45. The van der Waals surface area contributed by atoms with E-state index < -0.39 is 79.4 Å². The van der Waals surface area contributed by atoms with E-state index in [9.17, 15) is 19.5 Å². The molecular weight excluding hydrogens is 823 g/mol. The third-order valence-electron chi connectivity index (χ3n) is 10.7. The zero-order valence-electron chi connectivity index (χ0n) is 35.6. The molecular formula is C50H53NO13. The summed E-state index contributed by atoms with van der Waals surface area (Å²) in [6.07, 6.45) is -12.3. The first-order chi connectivity index (χ1) is 31.2. The summed E-state index contributed by atoms with van der Waals surface area (Å²) in [4.78, 5) is 40.2. The van der Waals surface area contributed by atoms with Crippen LogP contribution in [0.2, 0.25) is 0 Å². The molecule has 2 aliphatic rings. The Hall–Kier alpha value is -5.97. The van der Waals surface area contributed by atoms with Crippen molar-refractivity contribution in [3.05, 3.63) is 179 Å². The van der Waals surface area contributed by atoms with Gasteiger partial charge in [-0.15, -0.1) is 0 Å². The number of ether oxygens (including phenoxy) is 9. The fourth-order valence-corrected chi connectivity index (χ4v) is 7.40. The summed E-state index contributed by atoms with van der Waals surface area (Å²) in [5, 5.41) is 14.7. The monoisotopic (exact) mass is 875 g/mol. The fourth-order valence-electron chi connectivity index (χ4n) is 7.40. The number of hydrogen-bond acceptors (Lipinski definition) is 13. The number of aliphatic hydroxyl groups is 1. The quantitative estimate of drug-likeness (QED) is 0.0538. The first-order valence-corrected chi connectivity index (χ1v) is 21.3. The van der Waals surface area contributed by atoms with Crippen molar-refractivity contribution in [1.82, 2.24) is 5.32 Å². The van der Waals surface area contributed by atoms with Crippen LogP contribution in [0.5, 0.6) is 0 Å². The molecule has 0 unspecified atom stereocenters. The summed E-state index contributed by atoms with van der Waals surface area (Å²) in [6.45, 7) is 3.74. The predicted molar refractivity (Wildman–Crippen MR) is 231 cm³/mol. The van der Waals surface area contributed by atoms with Gasteiger partial charge in [-0.1, -0.05) is 127 Å². The zero-order chi connectivity index (χ0) is 44.7. The molecule has 0 radical (unpaired) electrons. The lowest BCUT2D eigenvalue weighted by Gasteiger charge is -2.48. The molecule has 2 aliphatic heterocycles. The number of hydrogen-bond donors (Lipinski definition) is 2. The van der Waals surface area contributed by atoms with Crippen LogP contribution in [0.1, 0.15) is 51.3 Å². The van der Waals surface area contributed by atoms with Crippen molar-refractivity contribution in [3.63, 3.8) is 0 Å². The molecule has 14 nitrogen and oxygen atoms in total. The van der Waals surface area contributed by atoms with Crippen LogP contribution in [0.15, 0.2) is 152 Å². The van der Waals surface area contributed by atoms with Crippen molar-refractivity contribution in [2.24, 2.45) is 0 Å². The SMILES string of the molecule is C[C@@H]1O[C@@H](O[C@@H]2[C@@H](OCc3ccccc3)[C@H](C)O[C@@H](OCCNC(=O)OCc3ccccc3)[C@@H]2OC(=O)c2ccccc2)[C@H](OC(=O)c2ccccc2)[C@H](O)[C@H]1OCc1ccccc1. The number of carbonyl (C=O) groups is 3. The number of carbonyl (C=O) groups excluding carboxylic acids is 3. The number of aliphatic hydroxyl groups excluding tert-OH is 1. The van der Waals surface area contributed by atoms with Gasteiger partial charge in [-0.2, -0.15) is 0 Å². The second-order valence-corrected chi connectivity index (χ2v) is 15.4. The van der Waals surface area contributed by atoms with E-state index in [-0.39, 0.29) is 44.1 Å². The minimum Gasteiger partial charge on any atom is -0.450 e. The largest absolute Gasteiger partial charge is 0.450 e. The highest BCUT2D eigenvalue weighted by Crippen LogP contribution is 2.35. The van der Waals surface area contributed by atoms with E-state index in [1.165, 1.54) is 0 Å². The summed E-state index contributed by atoms with van der Waals surface area (Å²) in [5.74, 6) is -1.45. The Bertz CT molecular complexity index is 2180. The topological polar surface area (TPSA) is 167 Å². The van der Waals surface area contributed by atoms with Crippen molar-refractivity contribution in [1.29, 1.82) is 0 Å². The molecule has 2 N–H and O–H groups in total. The van der Waals surface area contributed by atoms with Crippen molar-refractivity contribution >= 4 is 18.0 Å². The van der Waals surface area contributed by atoms with E-state index >= 15 is 0 Å². The molecule has 64 heavy (non-hydrogen) atoms. The Balaban J connectivity index is 1.16. The molecule has 7 rings (SSSR count). The van der Waals surface area contributed by atoms with Crippen molar-refractivity contribution < 1.29 is 62.1 Å². The lowest BCUT2D eigenvalue weighted by molar-refractivity contribution is -0.359. The summed E-state index contributed by atoms with van der Waals surface area (Å²) in [7, 11) is 0. The van der Waals surface area contributed by atoms with Gasteiger partial charge in [-0.3, -0.25) is 0 Å². The smallest absolute Gasteiger partial charge is 0.407 e. The molecule has 5 aromatic carbocycles. The Morgan fingerprint density at radius 1 is 0.516 bits per heavy atom. The Labute approximate surface area is 372 Å². The molecule has 0 spiro atoms. The van der Waals surface area contributed by atoms with Crippen LogP contribution in [0.4, 0.5) is 4.79 Å². The van der Waals surface area contributed by atoms with Gasteiger partial charge in [0.05, 0.1) is 43.2 Å². The van der Waals surface area contributed by atoms with Gasteiger partial charge < -0.3 is 53.1 Å². The average molecular weight is 876 g/mol. The van der Waals surface area contributed by atoms with Crippen LogP contribution in [-0.2, 0) is 62.5 Å². The Morgan fingerprint density at radius 2 is 0.953 bits per heavy atom. The summed E-state index contributed by atoms with van der Waals surface area (Å²) in [6, 6.07) is 44.9. The molecule has 14 heteroatoms. The summed E-state index contributed by atoms with van der Waals surface area (Å²) >= 11 is 0. The molecule has 0 aromatic heterocycles. The lowest BCUT2D eigenvalue weighted by atomic mass is 9.96. The Kier molecular flexibility index (Phi) is 16.6. The van der Waals surface area contributed by atoms with Gasteiger partial charge in [0.1, 0.15) is 31.0 Å². The van der Waals surface area contributed by atoms with Gasteiger partial charge in [0, 0.05) is 6.54 Å². The van der Waals surface area contributed by atoms with E-state index in [0.29, 0.717) is 0 Å². The second-order valence-electron chi connectivity index (χ2n) is 15.4. The van der Waals surface area contributed by atoms with Crippen LogP contribution in [0.25, 0.3) is 0 Å². The van der Waals surface area contributed by atoms with Gasteiger partial charge in [0.15, 0.2) is 24.8 Å². The normalized spacial score (nSPS) is 25.4. The van der Waals surface area contributed by atoms with Crippen LogP contribution in [0.3, 0.4) is 0 Å². The van der Waals surface area contributed by atoms with Crippen LogP contribution in [-0.4, -0.2) is 97.7 Å². The molecule has 10 atom stereocenters. The van der Waals surface area contributed by atoms with Gasteiger partial charge in [-0.05, 0) is 54.8 Å². The second kappa shape index (κ2) is 23.1.